The van der Waals surface area contributed by atoms with Crippen LogP contribution in [-0.2, 0) is 0 Å². The molecule has 9 heavy (non-hydrogen) atoms. The predicted molar refractivity (Wildman–Crippen MR) is 35.5 cm³/mol. The van der Waals surface area contributed by atoms with Crippen LogP contribution in [0.1, 0.15) is 6.42 Å². The van der Waals surface area contributed by atoms with Crippen molar-refractivity contribution >= 4 is 0 Å². The standard InChI is InChI=1S/C6H14N2O/c1-7(2)6-3-4-8(9)5-6/h6,9H,3-5H2,1-2H3/t6-/m0/s1. The molecule has 0 aliphatic carbocycles. The van der Waals surface area contributed by atoms with Crippen LogP contribution in [-0.4, -0.2) is 48.4 Å². The Bertz CT molecular complexity index is 95.1. The molecule has 0 bridgehead atoms. The SMILES string of the molecule is CN(C)[C@H]1CCN(O)C1. The van der Waals surface area contributed by atoms with Gasteiger partial charge in [-0.1, -0.05) is 0 Å². The van der Waals surface area contributed by atoms with Gasteiger partial charge in [-0.25, -0.2) is 0 Å². The Labute approximate surface area is 55.8 Å². The lowest BCUT2D eigenvalue weighted by atomic mass is 10.2. The van der Waals surface area contributed by atoms with Crippen molar-refractivity contribution in [2.75, 3.05) is 27.2 Å². The second-order valence-corrected chi connectivity index (χ2v) is 2.82. The van der Waals surface area contributed by atoms with Crippen LogP contribution in [0.4, 0.5) is 0 Å². The number of rotatable bonds is 1. The third-order valence-corrected chi connectivity index (χ3v) is 1.87. The monoisotopic (exact) mass is 130 g/mol. The zero-order valence-electron chi connectivity index (χ0n) is 6.04. The molecular formula is C6H14N2O. The molecular weight excluding hydrogens is 116 g/mol. The van der Waals surface area contributed by atoms with Crippen molar-refractivity contribution in [3.8, 4) is 0 Å². The van der Waals surface area contributed by atoms with Crippen LogP contribution in [0.15, 0.2) is 0 Å². The topological polar surface area (TPSA) is 26.7 Å². The zero-order chi connectivity index (χ0) is 6.85. The summed E-state index contributed by atoms with van der Waals surface area (Å²) in [5.74, 6) is 0. The lowest BCUT2D eigenvalue weighted by molar-refractivity contribution is -0.0721. The van der Waals surface area contributed by atoms with Crippen molar-refractivity contribution in [2.24, 2.45) is 0 Å². The summed E-state index contributed by atoms with van der Waals surface area (Å²) in [5, 5.41) is 10.3. The molecule has 0 saturated carbocycles. The van der Waals surface area contributed by atoms with E-state index in [9.17, 15) is 0 Å². The maximum absolute atomic E-state index is 8.96. The fourth-order valence-corrected chi connectivity index (χ4v) is 1.15. The Morgan fingerprint density at radius 3 is 2.44 bits per heavy atom. The molecule has 3 nitrogen and oxygen atoms in total. The Balaban J connectivity index is 2.30. The normalized spacial score (nSPS) is 30.0. The summed E-state index contributed by atoms with van der Waals surface area (Å²) in [6.07, 6.45) is 1.09. The van der Waals surface area contributed by atoms with E-state index in [4.69, 9.17) is 5.21 Å². The second-order valence-electron chi connectivity index (χ2n) is 2.82. The van der Waals surface area contributed by atoms with Crippen molar-refractivity contribution in [1.29, 1.82) is 0 Å². The quantitative estimate of drug-likeness (QED) is 0.541. The van der Waals surface area contributed by atoms with Gasteiger partial charge >= 0.3 is 0 Å². The lowest BCUT2D eigenvalue weighted by Crippen LogP contribution is -2.30. The molecule has 0 aromatic heterocycles. The summed E-state index contributed by atoms with van der Waals surface area (Å²) in [6, 6.07) is 0.551. The molecule has 1 rings (SSSR count). The van der Waals surface area contributed by atoms with Crippen LogP contribution in [0.5, 0.6) is 0 Å². The van der Waals surface area contributed by atoms with E-state index in [1.165, 1.54) is 5.06 Å². The molecule has 1 aliphatic heterocycles. The van der Waals surface area contributed by atoms with Crippen LogP contribution in [0, 0.1) is 0 Å². The molecule has 54 valence electrons. The number of hydrogen-bond acceptors (Lipinski definition) is 3. The molecule has 1 saturated heterocycles. The van der Waals surface area contributed by atoms with E-state index in [1.807, 2.05) is 14.1 Å². The van der Waals surface area contributed by atoms with E-state index in [2.05, 4.69) is 4.90 Å². The number of nitrogens with zero attached hydrogens (tertiary/aromatic N) is 2. The van der Waals surface area contributed by atoms with Gasteiger partial charge in [0.2, 0.25) is 0 Å². The van der Waals surface area contributed by atoms with Crippen LogP contribution in [0.3, 0.4) is 0 Å². The van der Waals surface area contributed by atoms with Gasteiger partial charge in [0.25, 0.3) is 0 Å². The second kappa shape index (κ2) is 2.64. The molecule has 1 atom stereocenters. The van der Waals surface area contributed by atoms with Gasteiger partial charge in [0.1, 0.15) is 0 Å². The van der Waals surface area contributed by atoms with Crippen LogP contribution < -0.4 is 0 Å². The Kier molecular flexibility index (Phi) is 2.05. The first kappa shape index (κ1) is 6.99. The fourth-order valence-electron chi connectivity index (χ4n) is 1.15. The third-order valence-electron chi connectivity index (χ3n) is 1.87. The minimum absolute atomic E-state index is 0.551. The first-order chi connectivity index (χ1) is 4.20. The average Bonchev–Trinajstić information content (AvgIpc) is 2.14. The van der Waals surface area contributed by atoms with Gasteiger partial charge in [-0.05, 0) is 20.5 Å². The van der Waals surface area contributed by atoms with E-state index < -0.39 is 0 Å². The molecule has 0 amide bonds. The average molecular weight is 130 g/mol. The minimum Gasteiger partial charge on any atom is -0.314 e. The highest BCUT2D eigenvalue weighted by Crippen LogP contribution is 2.09. The van der Waals surface area contributed by atoms with Crippen LogP contribution >= 0.6 is 0 Å². The van der Waals surface area contributed by atoms with E-state index in [1.54, 1.807) is 0 Å². The van der Waals surface area contributed by atoms with E-state index >= 15 is 0 Å². The van der Waals surface area contributed by atoms with Gasteiger partial charge in [0.05, 0.1) is 0 Å². The number of likely N-dealkylation sites (N-methyl/N-ethyl adjacent to an activating group) is 1. The third kappa shape index (κ3) is 1.64. The highest BCUT2D eigenvalue weighted by Gasteiger charge is 2.21. The summed E-state index contributed by atoms with van der Waals surface area (Å²) in [6.45, 7) is 1.62. The van der Waals surface area contributed by atoms with E-state index in [0.717, 1.165) is 19.5 Å². The Morgan fingerprint density at radius 2 is 2.22 bits per heavy atom. The largest absolute Gasteiger partial charge is 0.314 e. The zero-order valence-corrected chi connectivity index (χ0v) is 6.04. The maximum Gasteiger partial charge on any atom is 0.0394 e. The van der Waals surface area contributed by atoms with Crippen LogP contribution in [0.2, 0.25) is 0 Å². The van der Waals surface area contributed by atoms with Gasteiger partial charge in [0.15, 0.2) is 0 Å². The highest BCUT2D eigenvalue weighted by molar-refractivity contribution is 4.75. The summed E-state index contributed by atoms with van der Waals surface area (Å²) in [5.41, 5.74) is 0. The van der Waals surface area contributed by atoms with Crippen LogP contribution in [0.25, 0.3) is 0 Å². The van der Waals surface area contributed by atoms with Gasteiger partial charge in [-0.2, -0.15) is 5.06 Å². The molecule has 1 heterocycles. The summed E-state index contributed by atoms with van der Waals surface area (Å²) in [4.78, 5) is 2.15. The summed E-state index contributed by atoms with van der Waals surface area (Å²) < 4.78 is 0. The molecule has 1 aliphatic rings. The first-order valence-electron chi connectivity index (χ1n) is 3.30. The van der Waals surface area contributed by atoms with Crippen molar-refractivity contribution in [3.63, 3.8) is 0 Å². The van der Waals surface area contributed by atoms with Gasteiger partial charge in [-0.15, -0.1) is 0 Å². The Morgan fingerprint density at radius 1 is 1.56 bits per heavy atom. The molecule has 1 fully saturated rings. The molecule has 0 unspecified atom stereocenters. The number of hydroxylamine groups is 2. The summed E-state index contributed by atoms with van der Waals surface area (Å²) >= 11 is 0. The fraction of sp³-hybridized carbons (Fsp3) is 1.00. The first-order valence-corrected chi connectivity index (χ1v) is 3.30. The molecule has 0 spiro atoms. The van der Waals surface area contributed by atoms with Crippen molar-refractivity contribution in [3.05, 3.63) is 0 Å². The molecule has 1 N–H and O–H groups in total. The highest BCUT2D eigenvalue weighted by atomic mass is 16.5. The van der Waals surface area contributed by atoms with E-state index in [0.29, 0.717) is 6.04 Å². The Hall–Kier alpha value is -0.120. The van der Waals surface area contributed by atoms with Gasteiger partial charge in [-0.3, -0.25) is 0 Å². The van der Waals surface area contributed by atoms with Crippen molar-refractivity contribution in [2.45, 2.75) is 12.5 Å². The predicted octanol–water partition coefficient (Wildman–Crippen LogP) is 0.0115. The van der Waals surface area contributed by atoms with Crippen molar-refractivity contribution < 1.29 is 5.21 Å². The maximum atomic E-state index is 8.96. The lowest BCUT2D eigenvalue weighted by Gasteiger charge is -2.17. The van der Waals surface area contributed by atoms with Gasteiger partial charge < -0.3 is 10.1 Å². The molecule has 0 aromatic rings. The van der Waals surface area contributed by atoms with Gasteiger partial charge in [0, 0.05) is 19.1 Å². The van der Waals surface area contributed by atoms with E-state index in [-0.39, 0.29) is 0 Å². The van der Waals surface area contributed by atoms with Crippen molar-refractivity contribution in [1.82, 2.24) is 9.96 Å². The molecule has 0 aromatic carbocycles. The smallest absolute Gasteiger partial charge is 0.0394 e. The molecule has 3 heteroatoms. The summed E-state index contributed by atoms with van der Waals surface area (Å²) in [7, 11) is 4.09. The number of hydrogen-bond donors (Lipinski definition) is 1. The minimum atomic E-state index is 0.551. The molecule has 0 radical (unpaired) electrons.